The van der Waals surface area contributed by atoms with Gasteiger partial charge in [0.15, 0.2) is 0 Å². The fourth-order valence-electron chi connectivity index (χ4n) is 2.78. The van der Waals surface area contributed by atoms with Crippen LogP contribution >= 0.6 is 27.5 Å². The van der Waals surface area contributed by atoms with Gasteiger partial charge in [0.25, 0.3) is 0 Å². The Morgan fingerprint density at radius 2 is 2.17 bits per heavy atom. The third kappa shape index (κ3) is 2.90. The lowest BCUT2D eigenvalue weighted by Crippen LogP contribution is -2.48. The summed E-state index contributed by atoms with van der Waals surface area (Å²) in [7, 11) is 0. The molecule has 2 nitrogen and oxygen atoms in total. The van der Waals surface area contributed by atoms with Crippen LogP contribution in [0, 0.1) is 0 Å². The van der Waals surface area contributed by atoms with Gasteiger partial charge in [-0.15, -0.1) is 0 Å². The molecule has 1 saturated heterocycles. The fraction of sp³-hybridized carbons (Fsp3) is 0.571. The lowest BCUT2D eigenvalue weighted by molar-refractivity contribution is 0.0943. The largest absolute Gasteiger partial charge is 0.326 e. The molecule has 0 bridgehead atoms. The summed E-state index contributed by atoms with van der Waals surface area (Å²) in [6.07, 6.45) is 2.27. The number of hydrogen-bond acceptors (Lipinski definition) is 2. The van der Waals surface area contributed by atoms with Crippen LogP contribution in [0.4, 0.5) is 0 Å². The van der Waals surface area contributed by atoms with Gasteiger partial charge in [-0.3, -0.25) is 4.90 Å². The number of piperidine rings is 1. The topological polar surface area (TPSA) is 29.3 Å². The molecule has 2 rings (SSSR count). The summed E-state index contributed by atoms with van der Waals surface area (Å²) in [5.74, 6) is 0. The van der Waals surface area contributed by atoms with Crippen molar-refractivity contribution >= 4 is 27.5 Å². The maximum absolute atomic E-state index is 6.35. The average molecular weight is 332 g/mol. The fourth-order valence-corrected chi connectivity index (χ4v) is 3.70. The Balaban J connectivity index is 2.37. The number of rotatable bonds is 2. The smallest absolute Gasteiger partial charge is 0.0513 e. The molecule has 0 amide bonds. The van der Waals surface area contributed by atoms with E-state index in [4.69, 9.17) is 17.3 Å². The van der Waals surface area contributed by atoms with E-state index >= 15 is 0 Å². The molecule has 18 heavy (non-hydrogen) atoms. The second kappa shape index (κ2) is 5.91. The zero-order valence-corrected chi connectivity index (χ0v) is 13.2. The number of halogens is 2. The van der Waals surface area contributed by atoms with Crippen molar-refractivity contribution in [3.8, 4) is 0 Å². The minimum Gasteiger partial charge on any atom is -0.326 e. The van der Waals surface area contributed by atoms with Gasteiger partial charge >= 0.3 is 0 Å². The Morgan fingerprint density at radius 1 is 1.44 bits per heavy atom. The molecule has 1 aromatic rings. The van der Waals surface area contributed by atoms with Gasteiger partial charge in [0, 0.05) is 21.6 Å². The summed E-state index contributed by atoms with van der Waals surface area (Å²) in [5, 5.41) is 0.756. The summed E-state index contributed by atoms with van der Waals surface area (Å²) in [6.45, 7) is 5.58. The second-order valence-electron chi connectivity index (χ2n) is 5.25. The maximum atomic E-state index is 6.35. The minimum absolute atomic E-state index is 0.193. The molecule has 1 fully saturated rings. The van der Waals surface area contributed by atoms with Gasteiger partial charge in [-0.1, -0.05) is 33.6 Å². The van der Waals surface area contributed by atoms with Gasteiger partial charge in [0.1, 0.15) is 0 Å². The molecular weight excluding hydrogens is 312 g/mol. The van der Waals surface area contributed by atoms with Crippen LogP contribution < -0.4 is 5.73 Å². The van der Waals surface area contributed by atoms with Crippen molar-refractivity contribution in [1.29, 1.82) is 0 Å². The Morgan fingerprint density at radius 3 is 2.78 bits per heavy atom. The molecule has 2 N–H and O–H groups in total. The van der Waals surface area contributed by atoms with Crippen molar-refractivity contribution in [1.82, 2.24) is 4.90 Å². The Hall–Kier alpha value is -0.0900. The first-order valence-electron chi connectivity index (χ1n) is 6.47. The average Bonchev–Trinajstić information content (AvgIpc) is 2.29. The molecule has 1 aliphatic heterocycles. The number of hydrogen-bond donors (Lipinski definition) is 1. The van der Waals surface area contributed by atoms with Gasteiger partial charge in [-0.05, 0) is 50.9 Å². The first-order valence-corrected chi connectivity index (χ1v) is 7.64. The molecule has 0 aromatic heterocycles. The summed E-state index contributed by atoms with van der Waals surface area (Å²) >= 11 is 9.64. The first-order chi connectivity index (χ1) is 8.50. The molecule has 0 saturated carbocycles. The van der Waals surface area contributed by atoms with Crippen molar-refractivity contribution in [2.75, 3.05) is 6.54 Å². The quantitative estimate of drug-likeness (QED) is 0.888. The zero-order valence-electron chi connectivity index (χ0n) is 10.9. The predicted octanol–water partition coefficient (Wildman–Crippen LogP) is 3.98. The van der Waals surface area contributed by atoms with E-state index in [0.29, 0.717) is 6.04 Å². The Bertz CT molecular complexity index is 422. The zero-order chi connectivity index (χ0) is 13.3. The van der Waals surface area contributed by atoms with Gasteiger partial charge in [0.05, 0.1) is 6.04 Å². The van der Waals surface area contributed by atoms with Crippen molar-refractivity contribution in [3.05, 3.63) is 33.3 Å². The minimum atomic E-state index is 0.193. The number of likely N-dealkylation sites (tertiary alicyclic amines) is 1. The molecule has 4 heteroatoms. The lowest BCUT2D eigenvalue weighted by Gasteiger charge is -2.43. The highest BCUT2D eigenvalue weighted by Gasteiger charge is 2.32. The third-order valence-corrected chi connectivity index (χ3v) is 4.58. The van der Waals surface area contributed by atoms with E-state index in [1.807, 2.05) is 12.1 Å². The predicted molar refractivity (Wildman–Crippen MR) is 80.9 cm³/mol. The molecule has 0 spiro atoms. The van der Waals surface area contributed by atoms with E-state index < -0.39 is 0 Å². The molecule has 1 heterocycles. The highest BCUT2D eigenvalue weighted by molar-refractivity contribution is 9.10. The second-order valence-corrected chi connectivity index (χ2v) is 6.54. The molecule has 1 aliphatic rings. The molecular formula is C14H20BrClN2. The number of benzene rings is 1. The molecule has 2 unspecified atom stereocenters. The van der Waals surface area contributed by atoms with Gasteiger partial charge in [-0.25, -0.2) is 0 Å². The van der Waals surface area contributed by atoms with E-state index in [2.05, 4.69) is 40.7 Å². The normalized spacial score (nSPS) is 25.7. The van der Waals surface area contributed by atoms with Crippen molar-refractivity contribution in [2.45, 2.75) is 44.8 Å². The van der Waals surface area contributed by atoms with Gasteiger partial charge < -0.3 is 5.73 Å². The summed E-state index contributed by atoms with van der Waals surface area (Å²) < 4.78 is 1.06. The summed E-state index contributed by atoms with van der Waals surface area (Å²) in [5.41, 5.74) is 7.60. The monoisotopic (exact) mass is 330 g/mol. The molecule has 0 aliphatic carbocycles. The summed E-state index contributed by atoms with van der Waals surface area (Å²) in [6, 6.07) is 6.98. The highest BCUT2D eigenvalue weighted by atomic mass is 79.9. The number of nitrogens with two attached hydrogens (primary N) is 1. The van der Waals surface area contributed by atoms with Crippen LogP contribution in [0.15, 0.2) is 22.7 Å². The summed E-state index contributed by atoms with van der Waals surface area (Å²) in [4.78, 5) is 2.49. The van der Waals surface area contributed by atoms with Crippen LogP contribution in [0.3, 0.4) is 0 Å². The molecule has 0 radical (unpaired) electrons. The molecule has 100 valence electrons. The SMILES string of the molecule is CC(C)N1CCCC(N)C1c1ccc(Cl)cc1Br. The van der Waals surface area contributed by atoms with E-state index in [1.165, 1.54) is 12.0 Å². The van der Waals surface area contributed by atoms with E-state index in [-0.39, 0.29) is 12.1 Å². The Labute approximate surface area is 123 Å². The van der Waals surface area contributed by atoms with Crippen LogP contribution in [-0.2, 0) is 0 Å². The molecule has 1 aromatic carbocycles. The lowest BCUT2D eigenvalue weighted by atomic mass is 9.90. The van der Waals surface area contributed by atoms with E-state index in [0.717, 1.165) is 22.5 Å². The van der Waals surface area contributed by atoms with Crippen molar-refractivity contribution < 1.29 is 0 Å². The van der Waals surface area contributed by atoms with Crippen molar-refractivity contribution in [3.63, 3.8) is 0 Å². The van der Waals surface area contributed by atoms with E-state index in [1.54, 1.807) is 0 Å². The van der Waals surface area contributed by atoms with Crippen LogP contribution in [0.25, 0.3) is 0 Å². The number of nitrogens with zero attached hydrogens (tertiary/aromatic N) is 1. The van der Waals surface area contributed by atoms with Gasteiger partial charge in [0.2, 0.25) is 0 Å². The van der Waals surface area contributed by atoms with Crippen LogP contribution in [-0.4, -0.2) is 23.5 Å². The van der Waals surface area contributed by atoms with Crippen LogP contribution in [0.2, 0.25) is 5.02 Å². The van der Waals surface area contributed by atoms with Crippen molar-refractivity contribution in [2.24, 2.45) is 5.73 Å². The first kappa shape index (κ1) is 14.3. The van der Waals surface area contributed by atoms with Crippen LogP contribution in [0.5, 0.6) is 0 Å². The van der Waals surface area contributed by atoms with Gasteiger partial charge in [-0.2, -0.15) is 0 Å². The van der Waals surface area contributed by atoms with Crippen LogP contribution in [0.1, 0.15) is 38.3 Å². The molecule has 2 atom stereocenters. The highest BCUT2D eigenvalue weighted by Crippen LogP contribution is 2.36. The van der Waals surface area contributed by atoms with E-state index in [9.17, 15) is 0 Å². The third-order valence-electron chi connectivity index (χ3n) is 3.66. The maximum Gasteiger partial charge on any atom is 0.0513 e. The standard InChI is InChI=1S/C14H20BrClN2/c1-9(2)18-7-3-4-13(17)14(18)11-6-5-10(16)8-12(11)15/h5-6,8-9,13-14H,3-4,7,17H2,1-2H3. The Kier molecular flexibility index (Phi) is 4.70.